The SMILES string of the molecule is Cc1cc(C(C)(F)F)c(CNC(=O)OC(C)(C)C)[n+]([O-])c1. The van der Waals surface area contributed by atoms with Crippen molar-refractivity contribution in [3.63, 3.8) is 0 Å². The summed E-state index contributed by atoms with van der Waals surface area (Å²) < 4.78 is 32.5. The van der Waals surface area contributed by atoms with E-state index >= 15 is 0 Å². The van der Waals surface area contributed by atoms with Gasteiger partial charge in [0.05, 0.1) is 5.56 Å². The van der Waals surface area contributed by atoms with Crippen LogP contribution in [0.3, 0.4) is 0 Å². The van der Waals surface area contributed by atoms with E-state index in [1.807, 2.05) is 0 Å². The zero-order chi connectivity index (χ0) is 16.4. The van der Waals surface area contributed by atoms with Crippen LogP contribution in [0.1, 0.15) is 44.5 Å². The van der Waals surface area contributed by atoms with Crippen LogP contribution in [0.5, 0.6) is 0 Å². The number of carbonyl (C=O) groups is 1. The summed E-state index contributed by atoms with van der Waals surface area (Å²) in [6, 6.07) is 1.24. The maximum Gasteiger partial charge on any atom is 0.408 e. The van der Waals surface area contributed by atoms with Gasteiger partial charge in [0.2, 0.25) is 5.69 Å². The van der Waals surface area contributed by atoms with Gasteiger partial charge in [0.25, 0.3) is 5.92 Å². The summed E-state index contributed by atoms with van der Waals surface area (Å²) in [5, 5.41) is 14.1. The molecule has 0 bridgehead atoms. The normalized spacial score (nSPS) is 12.1. The van der Waals surface area contributed by atoms with Crippen molar-refractivity contribution in [3.05, 3.63) is 34.3 Å². The Balaban J connectivity index is 2.96. The number of hydrogen-bond acceptors (Lipinski definition) is 3. The topological polar surface area (TPSA) is 65.3 Å². The van der Waals surface area contributed by atoms with Gasteiger partial charge in [-0.25, -0.2) is 13.6 Å². The van der Waals surface area contributed by atoms with Crippen LogP contribution in [0.15, 0.2) is 12.3 Å². The van der Waals surface area contributed by atoms with E-state index < -0.39 is 23.2 Å². The molecular formula is C14H20F2N2O3. The summed E-state index contributed by atoms with van der Waals surface area (Å²) in [7, 11) is 0. The Morgan fingerprint density at radius 2 is 1.95 bits per heavy atom. The first-order valence-electron chi connectivity index (χ1n) is 6.48. The van der Waals surface area contributed by atoms with Gasteiger partial charge < -0.3 is 15.3 Å². The minimum Gasteiger partial charge on any atom is -0.618 e. The van der Waals surface area contributed by atoms with Crippen LogP contribution in [0, 0.1) is 12.1 Å². The Kier molecular flexibility index (Phi) is 4.76. The van der Waals surface area contributed by atoms with Gasteiger partial charge >= 0.3 is 6.09 Å². The lowest BCUT2D eigenvalue weighted by molar-refractivity contribution is -0.615. The van der Waals surface area contributed by atoms with Gasteiger partial charge in [0.15, 0.2) is 6.20 Å². The van der Waals surface area contributed by atoms with E-state index in [1.165, 1.54) is 12.3 Å². The molecule has 0 aliphatic carbocycles. The van der Waals surface area contributed by atoms with Crippen molar-refractivity contribution in [2.75, 3.05) is 0 Å². The molecule has 0 aromatic carbocycles. The third-order valence-electron chi connectivity index (χ3n) is 2.54. The fourth-order valence-corrected chi connectivity index (χ4v) is 1.75. The number of aromatic nitrogens is 1. The lowest BCUT2D eigenvalue weighted by atomic mass is 10.1. The van der Waals surface area contributed by atoms with Crippen molar-refractivity contribution in [2.24, 2.45) is 0 Å². The Morgan fingerprint density at radius 3 is 2.43 bits per heavy atom. The standard InChI is InChI=1S/C14H20F2N2O3/c1-9-6-10(14(5,15)16)11(18(20)8-9)7-17-12(19)21-13(2,3)4/h6,8H,7H2,1-5H3,(H,17,19). The summed E-state index contributed by atoms with van der Waals surface area (Å²) in [6.07, 6.45) is 0.412. The van der Waals surface area contributed by atoms with Gasteiger partial charge in [-0.3, -0.25) is 0 Å². The van der Waals surface area contributed by atoms with Crippen LogP contribution >= 0.6 is 0 Å². The maximum absolute atomic E-state index is 13.6. The van der Waals surface area contributed by atoms with E-state index in [0.717, 1.165) is 0 Å². The molecule has 0 saturated heterocycles. The molecule has 1 N–H and O–H groups in total. The number of carbonyl (C=O) groups excluding carboxylic acids is 1. The van der Waals surface area contributed by atoms with Crippen molar-refractivity contribution in [1.29, 1.82) is 0 Å². The Morgan fingerprint density at radius 1 is 1.38 bits per heavy atom. The Labute approximate surface area is 122 Å². The molecule has 1 heterocycles. The fourth-order valence-electron chi connectivity index (χ4n) is 1.75. The van der Waals surface area contributed by atoms with Gasteiger partial charge in [0, 0.05) is 12.5 Å². The predicted octanol–water partition coefficient (Wildman–Crippen LogP) is 2.76. The predicted molar refractivity (Wildman–Crippen MR) is 72.8 cm³/mol. The average Bonchev–Trinajstić information content (AvgIpc) is 2.23. The first kappa shape index (κ1) is 17.1. The molecule has 0 unspecified atom stereocenters. The van der Waals surface area contributed by atoms with E-state index in [2.05, 4.69) is 5.32 Å². The molecule has 1 rings (SSSR count). The van der Waals surface area contributed by atoms with E-state index in [0.29, 0.717) is 17.2 Å². The molecule has 0 spiro atoms. The van der Waals surface area contributed by atoms with Crippen LogP contribution in [-0.4, -0.2) is 11.7 Å². The lowest BCUT2D eigenvalue weighted by Crippen LogP contribution is -2.40. The minimum absolute atomic E-state index is 0.209. The number of amides is 1. The number of alkyl carbamates (subject to hydrolysis) is 1. The molecule has 118 valence electrons. The van der Waals surface area contributed by atoms with Gasteiger partial charge in [-0.2, -0.15) is 4.73 Å². The summed E-state index contributed by atoms with van der Waals surface area (Å²) >= 11 is 0. The summed E-state index contributed by atoms with van der Waals surface area (Å²) in [4.78, 5) is 11.5. The number of aryl methyl sites for hydroxylation is 1. The number of halogens is 2. The molecule has 0 aliphatic heterocycles. The molecule has 0 radical (unpaired) electrons. The molecular weight excluding hydrogens is 282 g/mol. The van der Waals surface area contributed by atoms with Crippen molar-refractivity contribution >= 4 is 6.09 Å². The van der Waals surface area contributed by atoms with Crippen molar-refractivity contribution in [3.8, 4) is 0 Å². The maximum atomic E-state index is 13.6. The van der Waals surface area contributed by atoms with E-state index in [9.17, 15) is 18.8 Å². The molecule has 0 atom stereocenters. The highest BCUT2D eigenvalue weighted by Crippen LogP contribution is 2.29. The zero-order valence-electron chi connectivity index (χ0n) is 12.8. The van der Waals surface area contributed by atoms with Crippen LogP contribution in [0.2, 0.25) is 0 Å². The monoisotopic (exact) mass is 302 g/mol. The van der Waals surface area contributed by atoms with Crippen LogP contribution in [0.4, 0.5) is 13.6 Å². The van der Waals surface area contributed by atoms with E-state index in [4.69, 9.17) is 4.74 Å². The molecule has 0 aliphatic rings. The lowest BCUT2D eigenvalue weighted by Gasteiger charge is -2.20. The van der Waals surface area contributed by atoms with Crippen molar-refractivity contribution in [1.82, 2.24) is 5.32 Å². The second-order valence-corrected chi connectivity index (χ2v) is 5.95. The second kappa shape index (κ2) is 5.83. The number of rotatable bonds is 3. The number of pyridine rings is 1. The van der Waals surface area contributed by atoms with Gasteiger partial charge in [-0.1, -0.05) is 0 Å². The molecule has 5 nitrogen and oxygen atoms in total. The van der Waals surface area contributed by atoms with Gasteiger partial charge in [-0.15, -0.1) is 0 Å². The second-order valence-electron chi connectivity index (χ2n) is 5.95. The van der Waals surface area contributed by atoms with Crippen LogP contribution in [0.25, 0.3) is 0 Å². The Hall–Kier alpha value is -1.92. The van der Waals surface area contributed by atoms with Crippen molar-refractivity contribution in [2.45, 2.75) is 52.7 Å². The molecule has 1 aromatic rings. The number of ether oxygens (including phenoxy) is 1. The van der Waals surface area contributed by atoms with Gasteiger partial charge in [0.1, 0.15) is 12.1 Å². The number of alkyl halides is 2. The summed E-state index contributed by atoms with van der Waals surface area (Å²) in [5.74, 6) is -3.18. The van der Waals surface area contributed by atoms with Crippen molar-refractivity contribution < 1.29 is 23.0 Å². The van der Waals surface area contributed by atoms with E-state index in [1.54, 1.807) is 27.7 Å². The van der Waals surface area contributed by atoms with Crippen LogP contribution in [-0.2, 0) is 17.2 Å². The Bertz CT molecular complexity index is 534. The van der Waals surface area contributed by atoms with Gasteiger partial charge in [-0.05, 0) is 33.8 Å². The van der Waals surface area contributed by atoms with Crippen LogP contribution < -0.4 is 10.0 Å². The number of hydrogen-bond donors (Lipinski definition) is 1. The highest BCUT2D eigenvalue weighted by atomic mass is 19.3. The highest BCUT2D eigenvalue weighted by Gasteiger charge is 2.33. The molecule has 1 aromatic heterocycles. The summed E-state index contributed by atoms with van der Waals surface area (Å²) in [5.41, 5.74) is -0.905. The molecule has 0 fully saturated rings. The first-order valence-corrected chi connectivity index (χ1v) is 6.48. The van der Waals surface area contributed by atoms with E-state index in [-0.39, 0.29) is 12.2 Å². The smallest absolute Gasteiger partial charge is 0.408 e. The molecule has 21 heavy (non-hydrogen) atoms. The largest absolute Gasteiger partial charge is 0.618 e. The fraction of sp³-hybridized carbons (Fsp3) is 0.571. The third kappa shape index (κ3) is 5.17. The first-order chi connectivity index (χ1) is 9.40. The summed E-state index contributed by atoms with van der Waals surface area (Å²) in [6.45, 7) is 6.96. The number of nitrogens with one attached hydrogen (secondary N) is 1. The third-order valence-corrected chi connectivity index (χ3v) is 2.54. The number of nitrogens with zero attached hydrogens (tertiary/aromatic N) is 1. The quantitative estimate of drug-likeness (QED) is 0.689. The average molecular weight is 302 g/mol. The highest BCUT2D eigenvalue weighted by molar-refractivity contribution is 5.67. The zero-order valence-corrected chi connectivity index (χ0v) is 12.8. The molecule has 0 saturated carbocycles. The minimum atomic E-state index is -3.18. The molecule has 1 amide bonds. The molecule has 7 heteroatoms.